The van der Waals surface area contributed by atoms with Gasteiger partial charge in [-0.1, -0.05) is 30.7 Å². The molecule has 2 rings (SSSR count). The van der Waals surface area contributed by atoms with Crippen LogP contribution in [0.15, 0.2) is 24.3 Å². The minimum Gasteiger partial charge on any atom is -0.324 e. The van der Waals surface area contributed by atoms with Crippen LogP contribution in [0, 0.1) is 0 Å². The minimum atomic E-state index is 0.167. The summed E-state index contributed by atoms with van der Waals surface area (Å²) in [6.07, 6.45) is 4.12. The van der Waals surface area contributed by atoms with E-state index >= 15 is 0 Å². The zero-order chi connectivity index (χ0) is 9.26. The van der Waals surface area contributed by atoms with Crippen LogP contribution in [0.2, 0.25) is 0 Å². The molecule has 1 fully saturated rings. The fraction of sp³-hybridized carbons (Fsp3) is 0.500. The average molecular weight is 175 g/mol. The summed E-state index contributed by atoms with van der Waals surface area (Å²) >= 11 is 0. The zero-order valence-corrected chi connectivity index (χ0v) is 8.16. The molecule has 1 atom stereocenters. The first-order chi connectivity index (χ1) is 6.27. The second-order valence-electron chi connectivity index (χ2n) is 4.09. The Morgan fingerprint density at radius 1 is 1.38 bits per heavy atom. The van der Waals surface area contributed by atoms with Crippen LogP contribution in [-0.2, 0) is 0 Å². The number of benzene rings is 1. The molecule has 1 unspecified atom stereocenters. The quantitative estimate of drug-likeness (QED) is 0.734. The first-order valence-electron chi connectivity index (χ1n) is 5.13. The van der Waals surface area contributed by atoms with E-state index in [2.05, 4.69) is 24.3 Å². The Bertz CT molecular complexity index is 287. The molecule has 1 nitrogen and oxygen atoms in total. The molecule has 0 amide bonds. The van der Waals surface area contributed by atoms with Gasteiger partial charge < -0.3 is 5.73 Å². The normalized spacial score (nSPS) is 19.5. The van der Waals surface area contributed by atoms with Gasteiger partial charge in [-0.2, -0.15) is 0 Å². The molecule has 13 heavy (non-hydrogen) atoms. The molecule has 1 aliphatic rings. The topological polar surface area (TPSA) is 26.0 Å². The average Bonchev–Trinajstić information content (AvgIpc) is 2.01. The van der Waals surface area contributed by atoms with E-state index in [1.54, 1.807) is 0 Å². The van der Waals surface area contributed by atoms with Gasteiger partial charge in [0, 0.05) is 6.04 Å². The largest absolute Gasteiger partial charge is 0.324 e. The van der Waals surface area contributed by atoms with E-state index in [1.807, 2.05) is 6.92 Å². The van der Waals surface area contributed by atoms with Crippen LogP contribution in [-0.4, -0.2) is 0 Å². The van der Waals surface area contributed by atoms with Crippen LogP contribution in [0.3, 0.4) is 0 Å². The van der Waals surface area contributed by atoms with Crippen molar-refractivity contribution in [2.45, 2.75) is 38.1 Å². The van der Waals surface area contributed by atoms with Gasteiger partial charge >= 0.3 is 0 Å². The van der Waals surface area contributed by atoms with Crippen molar-refractivity contribution in [1.82, 2.24) is 0 Å². The summed E-state index contributed by atoms with van der Waals surface area (Å²) in [6.45, 7) is 2.04. The summed E-state index contributed by atoms with van der Waals surface area (Å²) in [6, 6.07) is 8.92. The molecule has 0 bridgehead atoms. The Morgan fingerprint density at radius 3 is 2.69 bits per heavy atom. The van der Waals surface area contributed by atoms with Crippen molar-refractivity contribution in [2.24, 2.45) is 5.73 Å². The maximum absolute atomic E-state index is 5.84. The fourth-order valence-electron chi connectivity index (χ4n) is 1.84. The van der Waals surface area contributed by atoms with E-state index in [0.717, 1.165) is 5.92 Å². The molecule has 70 valence electrons. The molecule has 1 saturated carbocycles. The third-order valence-corrected chi connectivity index (χ3v) is 3.01. The maximum atomic E-state index is 5.84. The van der Waals surface area contributed by atoms with E-state index in [1.165, 1.54) is 30.4 Å². The molecule has 0 radical (unpaired) electrons. The molecule has 1 aromatic carbocycles. The van der Waals surface area contributed by atoms with Crippen molar-refractivity contribution >= 4 is 0 Å². The summed E-state index contributed by atoms with van der Waals surface area (Å²) in [5, 5.41) is 0. The molecule has 0 saturated heterocycles. The maximum Gasteiger partial charge on any atom is 0.0266 e. The molecule has 1 aromatic rings. The second-order valence-corrected chi connectivity index (χ2v) is 4.09. The lowest BCUT2D eigenvalue weighted by molar-refractivity contribution is 0.419. The molecule has 0 spiro atoms. The lowest BCUT2D eigenvalue weighted by atomic mass is 9.79. The van der Waals surface area contributed by atoms with E-state index < -0.39 is 0 Å². The highest BCUT2D eigenvalue weighted by molar-refractivity contribution is 5.29. The van der Waals surface area contributed by atoms with Crippen molar-refractivity contribution in [3.05, 3.63) is 35.4 Å². The van der Waals surface area contributed by atoms with Gasteiger partial charge in [-0.05, 0) is 36.8 Å². The monoisotopic (exact) mass is 175 g/mol. The molecule has 0 heterocycles. The highest BCUT2D eigenvalue weighted by Gasteiger charge is 2.19. The zero-order valence-electron chi connectivity index (χ0n) is 8.16. The molecule has 1 aliphatic carbocycles. The third-order valence-electron chi connectivity index (χ3n) is 3.01. The first kappa shape index (κ1) is 8.76. The SMILES string of the molecule is CC(N)c1cccc(C2CCC2)c1. The Kier molecular flexibility index (Phi) is 2.36. The van der Waals surface area contributed by atoms with Gasteiger partial charge in [0.15, 0.2) is 0 Å². The highest BCUT2D eigenvalue weighted by Crippen LogP contribution is 2.36. The van der Waals surface area contributed by atoms with Crippen molar-refractivity contribution in [1.29, 1.82) is 0 Å². The molecular weight excluding hydrogens is 158 g/mol. The predicted molar refractivity (Wildman–Crippen MR) is 55.6 cm³/mol. The van der Waals surface area contributed by atoms with E-state index in [9.17, 15) is 0 Å². The Labute approximate surface area is 80.0 Å². The van der Waals surface area contributed by atoms with Crippen molar-refractivity contribution in [3.8, 4) is 0 Å². The van der Waals surface area contributed by atoms with E-state index in [4.69, 9.17) is 5.73 Å². The standard InChI is InChI=1S/C12H17N/c1-9(13)11-6-3-7-12(8-11)10-4-2-5-10/h3,6-10H,2,4-5,13H2,1H3. The first-order valence-corrected chi connectivity index (χ1v) is 5.13. The van der Waals surface area contributed by atoms with Crippen LogP contribution in [0.25, 0.3) is 0 Å². The smallest absolute Gasteiger partial charge is 0.0266 e. The highest BCUT2D eigenvalue weighted by atomic mass is 14.6. The lowest BCUT2D eigenvalue weighted by Crippen LogP contribution is -2.10. The van der Waals surface area contributed by atoms with Gasteiger partial charge in [0.05, 0.1) is 0 Å². The predicted octanol–water partition coefficient (Wildman–Crippen LogP) is 2.97. The van der Waals surface area contributed by atoms with Crippen LogP contribution in [0.4, 0.5) is 0 Å². The molecule has 1 heteroatoms. The number of rotatable bonds is 2. The third kappa shape index (κ3) is 1.75. The van der Waals surface area contributed by atoms with E-state index in [-0.39, 0.29) is 6.04 Å². The molecule has 2 N–H and O–H groups in total. The van der Waals surface area contributed by atoms with Gasteiger partial charge in [0.1, 0.15) is 0 Å². The summed E-state index contributed by atoms with van der Waals surface area (Å²) in [4.78, 5) is 0. The van der Waals surface area contributed by atoms with Gasteiger partial charge in [0.2, 0.25) is 0 Å². The van der Waals surface area contributed by atoms with Gasteiger partial charge in [0.25, 0.3) is 0 Å². The van der Waals surface area contributed by atoms with Crippen molar-refractivity contribution in [3.63, 3.8) is 0 Å². The van der Waals surface area contributed by atoms with Gasteiger partial charge in [-0.15, -0.1) is 0 Å². The van der Waals surface area contributed by atoms with Crippen molar-refractivity contribution < 1.29 is 0 Å². The number of nitrogens with two attached hydrogens (primary N) is 1. The Morgan fingerprint density at radius 2 is 2.15 bits per heavy atom. The molecule has 0 aromatic heterocycles. The summed E-state index contributed by atoms with van der Waals surface area (Å²) < 4.78 is 0. The lowest BCUT2D eigenvalue weighted by Gasteiger charge is -2.26. The van der Waals surface area contributed by atoms with Gasteiger partial charge in [-0.3, -0.25) is 0 Å². The van der Waals surface area contributed by atoms with Crippen LogP contribution >= 0.6 is 0 Å². The van der Waals surface area contributed by atoms with Crippen molar-refractivity contribution in [2.75, 3.05) is 0 Å². The van der Waals surface area contributed by atoms with Crippen LogP contribution in [0.5, 0.6) is 0 Å². The molecular formula is C12H17N. The molecule has 0 aliphatic heterocycles. The van der Waals surface area contributed by atoms with Crippen LogP contribution in [0.1, 0.15) is 49.3 Å². The van der Waals surface area contributed by atoms with E-state index in [0.29, 0.717) is 0 Å². The summed E-state index contributed by atoms with van der Waals surface area (Å²) in [7, 11) is 0. The number of hydrogen-bond acceptors (Lipinski definition) is 1. The fourth-order valence-corrected chi connectivity index (χ4v) is 1.84. The Balaban J connectivity index is 2.21. The second kappa shape index (κ2) is 3.51. The number of hydrogen-bond donors (Lipinski definition) is 1. The summed E-state index contributed by atoms with van der Waals surface area (Å²) in [5.74, 6) is 0.818. The minimum absolute atomic E-state index is 0.167. The van der Waals surface area contributed by atoms with Gasteiger partial charge in [-0.25, -0.2) is 0 Å². The van der Waals surface area contributed by atoms with Crippen LogP contribution < -0.4 is 5.73 Å². The summed E-state index contributed by atoms with van der Waals surface area (Å²) in [5.41, 5.74) is 8.60. The Hall–Kier alpha value is -0.820.